The van der Waals surface area contributed by atoms with Crippen LogP contribution in [0.4, 0.5) is 0 Å². The predicted octanol–water partition coefficient (Wildman–Crippen LogP) is 4.66. The SMILES string of the molecule is COc1cccc(CC2c3cc(OC)c(OC)cc3CCN2CC(=O)NC2CCc3ccccc32)c1. The number of methoxy groups -OCH3 is 3. The summed E-state index contributed by atoms with van der Waals surface area (Å²) in [7, 11) is 5.01. The summed E-state index contributed by atoms with van der Waals surface area (Å²) in [5.41, 5.74) is 6.17. The molecule has 2 aliphatic rings. The number of nitrogens with one attached hydrogen (secondary N) is 1. The summed E-state index contributed by atoms with van der Waals surface area (Å²) in [6.07, 6.45) is 3.58. The first-order valence-corrected chi connectivity index (χ1v) is 12.6. The van der Waals surface area contributed by atoms with Crippen molar-refractivity contribution in [3.63, 3.8) is 0 Å². The second kappa shape index (κ2) is 10.6. The minimum absolute atomic E-state index is 0.0299. The Hall–Kier alpha value is -3.51. The Labute approximate surface area is 213 Å². The molecule has 3 aromatic rings. The van der Waals surface area contributed by atoms with Gasteiger partial charge in [0.15, 0.2) is 11.5 Å². The Balaban J connectivity index is 1.41. The van der Waals surface area contributed by atoms with Crippen molar-refractivity contribution in [2.24, 2.45) is 0 Å². The number of rotatable bonds is 8. The van der Waals surface area contributed by atoms with Crippen molar-refractivity contribution in [2.75, 3.05) is 34.4 Å². The number of carbonyl (C=O) groups excluding carboxylic acids is 1. The standard InChI is InChI=1S/C30H34N2O4/c1-34-23-9-6-7-20(15-23)16-27-25-18-29(36-3)28(35-2)17-22(25)13-14-32(27)19-30(33)31-26-12-11-21-8-4-5-10-24(21)26/h4-10,15,17-18,26-27H,11-14,16,19H2,1-3H3,(H,31,33). The fourth-order valence-electron chi connectivity index (χ4n) is 5.66. The Morgan fingerprint density at radius 3 is 2.50 bits per heavy atom. The Morgan fingerprint density at radius 1 is 0.889 bits per heavy atom. The van der Waals surface area contributed by atoms with E-state index >= 15 is 0 Å². The molecule has 36 heavy (non-hydrogen) atoms. The van der Waals surface area contributed by atoms with E-state index < -0.39 is 0 Å². The highest BCUT2D eigenvalue weighted by atomic mass is 16.5. The van der Waals surface area contributed by atoms with Crippen molar-refractivity contribution < 1.29 is 19.0 Å². The van der Waals surface area contributed by atoms with Gasteiger partial charge in [-0.2, -0.15) is 0 Å². The molecule has 0 saturated carbocycles. The molecule has 0 spiro atoms. The molecule has 1 aliphatic carbocycles. The van der Waals surface area contributed by atoms with E-state index in [1.165, 1.54) is 22.3 Å². The summed E-state index contributed by atoms with van der Waals surface area (Å²) >= 11 is 0. The van der Waals surface area contributed by atoms with E-state index in [-0.39, 0.29) is 18.0 Å². The largest absolute Gasteiger partial charge is 0.497 e. The summed E-state index contributed by atoms with van der Waals surface area (Å²) in [5.74, 6) is 2.35. The van der Waals surface area contributed by atoms with Crippen molar-refractivity contribution in [3.8, 4) is 17.2 Å². The van der Waals surface area contributed by atoms with E-state index in [2.05, 4.69) is 58.7 Å². The molecule has 0 bridgehead atoms. The molecule has 5 rings (SSSR count). The lowest BCUT2D eigenvalue weighted by Gasteiger charge is -2.38. The third-order valence-corrected chi connectivity index (χ3v) is 7.49. The Bertz CT molecular complexity index is 1240. The Kier molecular flexibility index (Phi) is 7.14. The average Bonchev–Trinajstić information content (AvgIpc) is 3.31. The molecule has 3 aromatic carbocycles. The third-order valence-electron chi connectivity index (χ3n) is 7.49. The van der Waals surface area contributed by atoms with Crippen LogP contribution in [0.3, 0.4) is 0 Å². The van der Waals surface area contributed by atoms with Crippen molar-refractivity contribution >= 4 is 5.91 Å². The van der Waals surface area contributed by atoms with Crippen LogP contribution in [-0.2, 0) is 24.1 Å². The number of hydrogen-bond acceptors (Lipinski definition) is 5. The van der Waals surface area contributed by atoms with Crippen LogP contribution in [0, 0.1) is 0 Å². The van der Waals surface area contributed by atoms with Crippen molar-refractivity contribution in [1.82, 2.24) is 10.2 Å². The average molecular weight is 487 g/mol. The van der Waals surface area contributed by atoms with Crippen LogP contribution in [0.5, 0.6) is 17.2 Å². The second-order valence-corrected chi connectivity index (χ2v) is 9.56. The predicted molar refractivity (Wildman–Crippen MR) is 140 cm³/mol. The number of amides is 1. The second-order valence-electron chi connectivity index (χ2n) is 9.56. The zero-order valence-electron chi connectivity index (χ0n) is 21.3. The number of ether oxygens (including phenoxy) is 3. The number of benzene rings is 3. The molecule has 1 N–H and O–H groups in total. The molecule has 1 aliphatic heterocycles. The summed E-state index contributed by atoms with van der Waals surface area (Å²) in [6, 6.07) is 20.9. The molecular formula is C30H34N2O4. The van der Waals surface area contributed by atoms with E-state index in [1.807, 2.05) is 12.1 Å². The molecule has 1 amide bonds. The van der Waals surface area contributed by atoms with Crippen LogP contribution < -0.4 is 19.5 Å². The molecule has 0 fully saturated rings. The molecule has 6 nitrogen and oxygen atoms in total. The van der Waals surface area contributed by atoms with Gasteiger partial charge in [0, 0.05) is 12.6 Å². The normalized spacial score (nSPS) is 18.8. The maximum absolute atomic E-state index is 13.3. The van der Waals surface area contributed by atoms with Crippen LogP contribution in [0.25, 0.3) is 0 Å². The lowest BCUT2D eigenvalue weighted by molar-refractivity contribution is -0.123. The van der Waals surface area contributed by atoms with Gasteiger partial charge in [0.05, 0.1) is 33.9 Å². The number of hydrogen-bond donors (Lipinski definition) is 1. The van der Waals surface area contributed by atoms with Crippen LogP contribution in [0.2, 0.25) is 0 Å². The van der Waals surface area contributed by atoms with Gasteiger partial charge in [0.1, 0.15) is 5.75 Å². The van der Waals surface area contributed by atoms with Crippen LogP contribution in [0.15, 0.2) is 60.7 Å². The topological polar surface area (TPSA) is 60.0 Å². The van der Waals surface area contributed by atoms with Gasteiger partial charge in [-0.15, -0.1) is 0 Å². The zero-order valence-corrected chi connectivity index (χ0v) is 21.3. The van der Waals surface area contributed by atoms with E-state index in [9.17, 15) is 4.79 Å². The van der Waals surface area contributed by atoms with Gasteiger partial charge in [0.2, 0.25) is 5.91 Å². The number of carbonyl (C=O) groups is 1. The van der Waals surface area contributed by atoms with Gasteiger partial charge in [0.25, 0.3) is 0 Å². The van der Waals surface area contributed by atoms with E-state index in [4.69, 9.17) is 14.2 Å². The zero-order chi connectivity index (χ0) is 25.1. The molecule has 0 saturated heterocycles. The molecule has 2 unspecified atom stereocenters. The molecule has 0 radical (unpaired) electrons. The maximum Gasteiger partial charge on any atom is 0.234 e. The summed E-state index contributed by atoms with van der Waals surface area (Å²) < 4.78 is 16.7. The van der Waals surface area contributed by atoms with Gasteiger partial charge >= 0.3 is 0 Å². The highest BCUT2D eigenvalue weighted by Gasteiger charge is 2.32. The fourth-order valence-corrected chi connectivity index (χ4v) is 5.66. The number of aryl methyl sites for hydroxylation is 1. The third kappa shape index (κ3) is 4.91. The minimum atomic E-state index is 0.0299. The van der Waals surface area contributed by atoms with Crippen molar-refractivity contribution in [2.45, 2.75) is 37.8 Å². The van der Waals surface area contributed by atoms with Crippen molar-refractivity contribution in [1.29, 1.82) is 0 Å². The lowest BCUT2D eigenvalue weighted by atomic mass is 9.88. The summed E-state index contributed by atoms with van der Waals surface area (Å²) in [6.45, 7) is 1.15. The van der Waals surface area contributed by atoms with E-state index in [0.29, 0.717) is 12.3 Å². The number of nitrogens with zero attached hydrogens (tertiary/aromatic N) is 1. The van der Waals surface area contributed by atoms with Gasteiger partial charge in [-0.3, -0.25) is 9.69 Å². The van der Waals surface area contributed by atoms with Gasteiger partial charge in [-0.1, -0.05) is 36.4 Å². The fraction of sp³-hybridized carbons (Fsp3) is 0.367. The first-order chi connectivity index (χ1) is 17.6. The Morgan fingerprint density at radius 2 is 1.69 bits per heavy atom. The monoisotopic (exact) mass is 486 g/mol. The molecular weight excluding hydrogens is 452 g/mol. The minimum Gasteiger partial charge on any atom is -0.497 e. The lowest BCUT2D eigenvalue weighted by Crippen LogP contribution is -2.44. The summed E-state index contributed by atoms with van der Waals surface area (Å²) in [5, 5.41) is 3.30. The summed E-state index contributed by atoms with van der Waals surface area (Å²) in [4.78, 5) is 15.6. The molecule has 2 atom stereocenters. The van der Waals surface area contributed by atoms with E-state index in [1.54, 1.807) is 21.3 Å². The van der Waals surface area contributed by atoms with Crippen LogP contribution in [0.1, 0.15) is 46.3 Å². The molecule has 1 heterocycles. The number of fused-ring (bicyclic) bond motifs is 2. The first-order valence-electron chi connectivity index (χ1n) is 12.6. The highest BCUT2D eigenvalue weighted by Crippen LogP contribution is 2.40. The molecule has 0 aromatic heterocycles. The van der Waals surface area contributed by atoms with Crippen molar-refractivity contribution in [3.05, 3.63) is 88.5 Å². The molecule has 188 valence electrons. The smallest absolute Gasteiger partial charge is 0.234 e. The van der Waals surface area contributed by atoms with E-state index in [0.717, 1.165) is 49.3 Å². The quantitative estimate of drug-likeness (QED) is 0.502. The van der Waals surface area contributed by atoms with Gasteiger partial charge < -0.3 is 19.5 Å². The highest BCUT2D eigenvalue weighted by molar-refractivity contribution is 5.79. The van der Waals surface area contributed by atoms with Crippen LogP contribution in [-0.4, -0.2) is 45.2 Å². The van der Waals surface area contributed by atoms with Gasteiger partial charge in [-0.25, -0.2) is 0 Å². The molecule has 6 heteroatoms. The first kappa shape index (κ1) is 24.2. The maximum atomic E-state index is 13.3. The van der Waals surface area contributed by atoms with Gasteiger partial charge in [-0.05, 0) is 77.8 Å². The van der Waals surface area contributed by atoms with Crippen LogP contribution >= 0.6 is 0 Å².